The fourth-order valence-corrected chi connectivity index (χ4v) is 0.615. The Labute approximate surface area is 62.3 Å². The highest BCUT2D eigenvalue weighted by Crippen LogP contribution is 1.96. The van der Waals surface area contributed by atoms with Gasteiger partial charge < -0.3 is 14.2 Å². The lowest BCUT2D eigenvalue weighted by atomic mass is 10.5. The summed E-state index contributed by atoms with van der Waals surface area (Å²) in [5, 5.41) is 0. The third-order valence-electron chi connectivity index (χ3n) is 1.19. The molecule has 0 rings (SSSR count). The van der Waals surface area contributed by atoms with Gasteiger partial charge >= 0.3 is 0 Å². The fraction of sp³-hybridized carbons (Fsp3) is 1.00. The molecule has 1 unspecified atom stereocenters. The van der Waals surface area contributed by atoms with Crippen molar-refractivity contribution in [1.82, 2.24) is 0 Å². The topological polar surface area (TPSA) is 27.7 Å². The molecule has 0 aromatic carbocycles. The molecule has 1 atom stereocenters. The van der Waals surface area contributed by atoms with Crippen LogP contribution in [-0.2, 0) is 14.2 Å². The number of hydrogen-bond acceptors (Lipinski definition) is 3. The molecule has 0 saturated carbocycles. The molecule has 0 aliphatic rings. The second-order valence-corrected chi connectivity index (χ2v) is 1.94. The van der Waals surface area contributed by atoms with Crippen LogP contribution in [0.5, 0.6) is 0 Å². The Kier molecular flexibility index (Phi) is 6.91. The van der Waals surface area contributed by atoms with Gasteiger partial charge in [-0.15, -0.1) is 0 Å². The highest BCUT2D eigenvalue weighted by molar-refractivity contribution is 4.37. The van der Waals surface area contributed by atoms with Crippen LogP contribution in [0.2, 0.25) is 0 Å². The molecule has 0 N–H and O–H groups in total. The van der Waals surface area contributed by atoms with Gasteiger partial charge in [-0.1, -0.05) is 6.92 Å². The lowest BCUT2D eigenvalue weighted by molar-refractivity contribution is -0.132. The quantitative estimate of drug-likeness (QED) is 0.416. The van der Waals surface area contributed by atoms with Crippen molar-refractivity contribution in [3.05, 3.63) is 0 Å². The predicted molar refractivity (Wildman–Crippen MR) is 38.9 cm³/mol. The van der Waals surface area contributed by atoms with Crippen molar-refractivity contribution in [2.45, 2.75) is 19.6 Å². The van der Waals surface area contributed by atoms with Gasteiger partial charge in [-0.05, 0) is 6.42 Å². The van der Waals surface area contributed by atoms with Crippen molar-refractivity contribution >= 4 is 0 Å². The van der Waals surface area contributed by atoms with Gasteiger partial charge in [0.15, 0.2) is 6.29 Å². The van der Waals surface area contributed by atoms with E-state index >= 15 is 0 Å². The second kappa shape index (κ2) is 6.99. The lowest BCUT2D eigenvalue weighted by Crippen LogP contribution is -2.16. The van der Waals surface area contributed by atoms with E-state index in [4.69, 9.17) is 14.2 Å². The first-order chi connectivity index (χ1) is 4.85. The van der Waals surface area contributed by atoms with Crippen LogP contribution in [0.25, 0.3) is 0 Å². The van der Waals surface area contributed by atoms with Crippen molar-refractivity contribution < 1.29 is 14.2 Å². The molecule has 3 nitrogen and oxygen atoms in total. The van der Waals surface area contributed by atoms with Gasteiger partial charge in [0, 0.05) is 14.2 Å². The number of rotatable bonds is 6. The zero-order valence-corrected chi connectivity index (χ0v) is 6.92. The molecule has 0 aliphatic heterocycles. The molecule has 62 valence electrons. The standard InChI is InChI=1S/C7H16O3/c1-4-7(9-3)10-6-5-8-2/h7H,4-6H2,1-3H3. The first-order valence-corrected chi connectivity index (χ1v) is 3.48. The summed E-state index contributed by atoms with van der Waals surface area (Å²) in [5.74, 6) is 0. The van der Waals surface area contributed by atoms with Crippen molar-refractivity contribution in [1.29, 1.82) is 0 Å². The average molecular weight is 148 g/mol. The van der Waals surface area contributed by atoms with Crippen LogP contribution in [0, 0.1) is 0 Å². The normalized spacial score (nSPS) is 13.5. The maximum absolute atomic E-state index is 5.23. The van der Waals surface area contributed by atoms with Crippen LogP contribution in [0.4, 0.5) is 0 Å². The first kappa shape index (κ1) is 9.88. The first-order valence-electron chi connectivity index (χ1n) is 3.48. The zero-order chi connectivity index (χ0) is 7.82. The maximum atomic E-state index is 5.23. The molecular formula is C7H16O3. The van der Waals surface area contributed by atoms with Crippen molar-refractivity contribution in [2.75, 3.05) is 27.4 Å². The Morgan fingerprint density at radius 3 is 2.30 bits per heavy atom. The summed E-state index contributed by atoms with van der Waals surface area (Å²) in [6.45, 7) is 3.24. The van der Waals surface area contributed by atoms with Crippen LogP contribution in [0.1, 0.15) is 13.3 Å². The fourth-order valence-electron chi connectivity index (χ4n) is 0.615. The van der Waals surface area contributed by atoms with Crippen LogP contribution < -0.4 is 0 Å². The number of methoxy groups -OCH3 is 2. The van der Waals surface area contributed by atoms with Gasteiger partial charge in [0.2, 0.25) is 0 Å². The van der Waals surface area contributed by atoms with E-state index in [1.165, 1.54) is 0 Å². The van der Waals surface area contributed by atoms with Crippen molar-refractivity contribution in [3.63, 3.8) is 0 Å². The highest BCUT2D eigenvalue weighted by atomic mass is 16.7. The minimum Gasteiger partial charge on any atom is -0.382 e. The van der Waals surface area contributed by atoms with Gasteiger partial charge in [0.1, 0.15) is 0 Å². The van der Waals surface area contributed by atoms with E-state index in [9.17, 15) is 0 Å². The molecule has 10 heavy (non-hydrogen) atoms. The third-order valence-corrected chi connectivity index (χ3v) is 1.19. The second-order valence-electron chi connectivity index (χ2n) is 1.94. The molecule has 0 aromatic heterocycles. The summed E-state index contributed by atoms with van der Waals surface area (Å²) in [7, 11) is 3.29. The molecule has 0 fully saturated rings. The summed E-state index contributed by atoms with van der Waals surface area (Å²) in [6.07, 6.45) is 0.801. The Balaban J connectivity index is 3.09. The average Bonchev–Trinajstić information content (AvgIpc) is 1.99. The lowest BCUT2D eigenvalue weighted by Gasteiger charge is -2.12. The van der Waals surface area contributed by atoms with E-state index < -0.39 is 0 Å². The highest BCUT2D eigenvalue weighted by Gasteiger charge is 2.01. The molecule has 0 saturated heterocycles. The van der Waals surface area contributed by atoms with E-state index in [1.54, 1.807) is 14.2 Å². The molecule has 0 heterocycles. The minimum absolute atomic E-state index is 0.0739. The molecule has 0 amide bonds. The molecule has 0 aromatic rings. The summed E-state index contributed by atoms with van der Waals surface area (Å²) < 4.78 is 15.0. The van der Waals surface area contributed by atoms with E-state index in [0.717, 1.165) is 6.42 Å². The summed E-state index contributed by atoms with van der Waals surface area (Å²) >= 11 is 0. The van der Waals surface area contributed by atoms with Gasteiger partial charge in [0.05, 0.1) is 13.2 Å². The molecule has 0 aliphatic carbocycles. The third kappa shape index (κ3) is 4.73. The monoisotopic (exact) mass is 148 g/mol. The van der Waals surface area contributed by atoms with Crippen molar-refractivity contribution in [3.8, 4) is 0 Å². The van der Waals surface area contributed by atoms with Gasteiger partial charge in [-0.2, -0.15) is 0 Å². The number of ether oxygens (including phenoxy) is 3. The van der Waals surface area contributed by atoms with Crippen LogP contribution >= 0.6 is 0 Å². The predicted octanol–water partition coefficient (Wildman–Crippen LogP) is 1.03. The van der Waals surface area contributed by atoms with Gasteiger partial charge in [0.25, 0.3) is 0 Å². The summed E-state index contributed by atoms with van der Waals surface area (Å²) in [4.78, 5) is 0. The smallest absolute Gasteiger partial charge is 0.157 e. The summed E-state index contributed by atoms with van der Waals surface area (Å²) in [5.41, 5.74) is 0. The SMILES string of the molecule is CCC(OC)OCCOC. The molecule has 0 bridgehead atoms. The summed E-state index contributed by atoms with van der Waals surface area (Å²) in [6, 6.07) is 0. The molecular weight excluding hydrogens is 132 g/mol. The maximum Gasteiger partial charge on any atom is 0.157 e. The Morgan fingerprint density at radius 2 is 1.90 bits per heavy atom. The van der Waals surface area contributed by atoms with E-state index in [-0.39, 0.29) is 6.29 Å². The largest absolute Gasteiger partial charge is 0.382 e. The molecule has 0 radical (unpaired) electrons. The Morgan fingerprint density at radius 1 is 1.20 bits per heavy atom. The molecule has 0 spiro atoms. The Bertz CT molecular complexity index is 61.9. The molecule has 3 heteroatoms. The minimum atomic E-state index is -0.0739. The Hall–Kier alpha value is -0.120. The van der Waals surface area contributed by atoms with Gasteiger partial charge in [-0.3, -0.25) is 0 Å². The zero-order valence-electron chi connectivity index (χ0n) is 6.92. The van der Waals surface area contributed by atoms with Crippen LogP contribution in [0.3, 0.4) is 0 Å². The van der Waals surface area contributed by atoms with E-state index in [2.05, 4.69) is 0 Å². The van der Waals surface area contributed by atoms with Crippen molar-refractivity contribution in [2.24, 2.45) is 0 Å². The van der Waals surface area contributed by atoms with Gasteiger partial charge in [-0.25, -0.2) is 0 Å². The number of hydrogen-bond donors (Lipinski definition) is 0. The van der Waals surface area contributed by atoms with E-state index in [1.807, 2.05) is 6.92 Å². The van der Waals surface area contributed by atoms with E-state index in [0.29, 0.717) is 13.2 Å². The van der Waals surface area contributed by atoms with Crippen LogP contribution in [-0.4, -0.2) is 33.7 Å². The van der Waals surface area contributed by atoms with Crippen LogP contribution in [0.15, 0.2) is 0 Å².